The minimum Gasteiger partial charge on any atom is -0.379 e. The Morgan fingerprint density at radius 3 is 2.95 bits per heavy atom. The maximum atomic E-state index is 6.17. The van der Waals surface area contributed by atoms with Gasteiger partial charge in [-0.25, -0.2) is 0 Å². The van der Waals surface area contributed by atoms with E-state index in [1.165, 1.54) is 0 Å². The van der Waals surface area contributed by atoms with Crippen LogP contribution in [0.4, 0.5) is 0 Å². The molecule has 19 heavy (non-hydrogen) atoms. The summed E-state index contributed by atoms with van der Waals surface area (Å²) in [6.07, 6.45) is 1.87. The van der Waals surface area contributed by atoms with Gasteiger partial charge in [0.15, 0.2) is 5.82 Å². The van der Waals surface area contributed by atoms with E-state index >= 15 is 0 Å². The van der Waals surface area contributed by atoms with Gasteiger partial charge in [-0.15, -0.1) is 0 Å². The number of aromatic nitrogens is 2. The predicted molar refractivity (Wildman–Crippen MR) is 69.4 cm³/mol. The fraction of sp³-hybridized carbons (Fsp3) is 0.846. The number of hydrogen-bond acceptors (Lipinski definition) is 6. The largest absolute Gasteiger partial charge is 0.379 e. The van der Waals surface area contributed by atoms with Crippen LogP contribution < -0.4 is 5.73 Å². The minimum absolute atomic E-state index is 0.103. The molecule has 0 spiro atoms. The van der Waals surface area contributed by atoms with Crippen LogP contribution in [0.1, 0.15) is 51.4 Å². The third-order valence-corrected chi connectivity index (χ3v) is 3.33. The van der Waals surface area contributed by atoms with E-state index < -0.39 is 5.54 Å². The van der Waals surface area contributed by atoms with Crippen LogP contribution in [0.2, 0.25) is 0 Å². The highest BCUT2D eigenvalue weighted by Gasteiger charge is 2.34. The van der Waals surface area contributed by atoms with Gasteiger partial charge in [0, 0.05) is 13.2 Å². The van der Waals surface area contributed by atoms with E-state index in [1.807, 2.05) is 6.92 Å². The van der Waals surface area contributed by atoms with Crippen molar-refractivity contribution in [1.82, 2.24) is 10.1 Å². The molecule has 1 aliphatic rings. The minimum atomic E-state index is -0.737. The lowest BCUT2D eigenvalue weighted by Gasteiger charge is -2.20. The van der Waals surface area contributed by atoms with E-state index in [2.05, 4.69) is 24.0 Å². The first kappa shape index (κ1) is 14.4. The average molecular weight is 269 g/mol. The monoisotopic (exact) mass is 269 g/mol. The molecule has 1 aromatic rings. The maximum absolute atomic E-state index is 6.17. The lowest BCUT2D eigenvalue weighted by atomic mass is 10.0. The molecule has 6 nitrogen and oxygen atoms in total. The van der Waals surface area contributed by atoms with Crippen LogP contribution >= 0.6 is 0 Å². The number of ether oxygens (including phenoxy) is 2. The fourth-order valence-electron chi connectivity index (χ4n) is 2.09. The van der Waals surface area contributed by atoms with E-state index in [4.69, 9.17) is 19.7 Å². The van der Waals surface area contributed by atoms with E-state index in [9.17, 15) is 0 Å². The van der Waals surface area contributed by atoms with Gasteiger partial charge < -0.3 is 19.7 Å². The number of hydrogen-bond donors (Lipinski definition) is 1. The molecule has 6 heteroatoms. The summed E-state index contributed by atoms with van der Waals surface area (Å²) in [4.78, 5) is 4.39. The third-order valence-electron chi connectivity index (χ3n) is 3.33. The molecule has 0 aromatic carbocycles. The van der Waals surface area contributed by atoms with Crippen LogP contribution in [0.3, 0.4) is 0 Å². The van der Waals surface area contributed by atoms with Crippen molar-refractivity contribution in [3.05, 3.63) is 11.7 Å². The fourth-order valence-corrected chi connectivity index (χ4v) is 2.09. The summed E-state index contributed by atoms with van der Waals surface area (Å²) >= 11 is 0. The molecule has 2 heterocycles. The SMILES string of the molecule is CCCOCC(C)(N)c1noc(C2OCCC2C)n1. The van der Waals surface area contributed by atoms with Crippen LogP contribution in [-0.2, 0) is 15.0 Å². The van der Waals surface area contributed by atoms with Gasteiger partial charge in [-0.3, -0.25) is 0 Å². The normalized spacial score (nSPS) is 26.5. The first-order valence-corrected chi connectivity index (χ1v) is 6.87. The van der Waals surface area contributed by atoms with Crippen LogP contribution in [0.5, 0.6) is 0 Å². The van der Waals surface area contributed by atoms with Crippen LogP contribution in [0, 0.1) is 5.92 Å². The summed E-state index contributed by atoms with van der Waals surface area (Å²) in [6.45, 7) is 7.81. The Bertz CT molecular complexity index is 406. The second-order valence-electron chi connectivity index (χ2n) is 5.48. The topological polar surface area (TPSA) is 83.4 Å². The summed E-state index contributed by atoms with van der Waals surface area (Å²) in [6, 6.07) is 0. The standard InChI is InChI=1S/C13H23N3O3/c1-4-6-17-8-13(3,14)12-15-11(19-16-12)10-9(2)5-7-18-10/h9-10H,4-8,14H2,1-3H3. The first-order valence-electron chi connectivity index (χ1n) is 6.87. The van der Waals surface area contributed by atoms with Crippen molar-refractivity contribution >= 4 is 0 Å². The number of rotatable bonds is 6. The Morgan fingerprint density at radius 1 is 1.53 bits per heavy atom. The van der Waals surface area contributed by atoms with Crippen LogP contribution in [-0.4, -0.2) is 30.0 Å². The second-order valence-corrected chi connectivity index (χ2v) is 5.48. The van der Waals surface area contributed by atoms with E-state index in [0.29, 0.717) is 30.8 Å². The Morgan fingerprint density at radius 2 is 2.32 bits per heavy atom. The molecule has 1 aromatic heterocycles. The van der Waals surface area contributed by atoms with Gasteiger partial charge in [-0.1, -0.05) is 19.0 Å². The summed E-state index contributed by atoms with van der Waals surface area (Å²) < 4.78 is 16.4. The van der Waals surface area contributed by atoms with Gasteiger partial charge in [0.25, 0.3) is 5.89 Å². The molecule has 1 fully saturated rings. The third kappa shape index (κ3) is 3.32. The lowest BCUT2D eigenvalue weighted by molar-refractivity contribution is 0.0660. The zero-order valence-corrected chi connectivity index (χ0v) is 11.9. The van der Waals surface area contributed by atoms with Crippen molar-refractivity contribution in [2.75, 3.05) is 19.8 Å². The zero-order valence-electron chi connectivity index (χ0n) is 11.9. The Labute approximate surface area is 113 Å². The quantitative estimate of drug-likeness (QED) is 0.792. The molecule has 2 N–H and O–H groups in total. The van der Waals surface area contributed by atoms with Gasteiger partial charge in [-0.05, 0) is 25.7 Å². The van der Waals surface area contributed by atoms with Crippen molar-refractivity contribution < 1.29 is 14.0 Å². The van der Waals surface area contributed by atoms with Gasteiger partial charge in [0.05, 0.1) is 6.61 Å². The first-order chi connectivity index (χ1) is 9.04. The Kier molecular flexibility index (Phi) is 4.54. The van der Waals surface area contributed by atoms with Crippen LogP contribution in [0.25, 0.3) is 0 Å². The highest BCUT2D eigenvalue weighted by molar-refractivity contribution is 5.04. The van der Waals surface area contributed by atoms with Crippen molar-refractivity contribution in [3.8, 4) is 0 Å². The Hall–Kier alpha value is -0.980. The molecule has 1 aliphatic heterocycles. The molecule has 0 aliphatic carbocycles. The molecule has 0 bridgehead atoms. The molecule has 2 rings (SSSR count). The molecule has 3 atom stereocenters. The number of nitrogens with zero attached hydrogens (tertiary/aromatic N) is 2. The molecule has 108 valence electrons. The molecule has 0 radical (unpaired) electrons. The van der Waals surface area contributed by atoms with Crippen molar-refractivity contribution in [1.29, 1.82) is 0 Å². The highest BCUT2D eigenvalue weighted by Crippen LogP contribution is 2.33. The second kappa shape index (κ2) is 5.98. The summed E-state index contributed by atoms with van der Waals surface area (Å²) in [5.41, 5.74) is 5.44. The van der Waals surface area contributed by atoms with Crippen molar-refractivity contribution in [2.45, 2.75) is 45.3 Å². The maximum Gasteiger partial charge on any atom is 0.256 e. The van der Waals surface area contributed by atoms with Gasteiger partial charge >= 0.3 is 0 Å². The summed E-state index contributed by atoms with van der Waals surface area (Å²) in [7, 11) is 0. The molecular formula is C13H23N3O3. The summed E-state index contributed by atoms with van der Waals surface area (Å²) in [5.74, 6) is 1.39. The van der Waals surface area contributed by atoms with E-state index in [0.717, 1.165) is 19.4 Å². The molecule has 0 amide bonds. The van der Waals surface area contributed by atoms with E-state index in [-0.39, 0.29) is 6.10 Å². The smallest absolute Gasteiger partial charge is 0.256 e. The summed E-state index contributed by atoms with van der Waals surface area (Å²) in [5, 5.41) is 3.97. The predicted octanol–water partition coefficient (Wildman–Crippen LogP) is 1.77. The van der Waals surface area contributed by atoms with Gasteiger partial charge in [-0.2, -0.15) is 4.98 Å². The lowest BCUT2D eigenvalue weighted by Crippen LogP contribution is -2.39. The highest BCUT2D eigenvalue weighted by atomic mass is 16.5. The van der Waals surface area contributed by atoms with E-state index in [1.54, 1.807) is 0 Å². The molecule has 0 saturated carbocycles. The zero-order chi connectivity index (χ0) is 13.9. The number of nitrogens with two attached hydrogens (primary N) is 1. The van der Waals surface area contributed by atoms with Crippen molar-refractivity contribution in [2.24, 2.45) is 11.7 Å². The van der Waals surface area contributed by atoms with Crippen molar-refractivity contribution in [3.63, 3.8) is 0 Å². The Balaban J connectivity index is 2.03. The molecule has 1 saturated heterocycles. The molecule has 3 unspecified atom stereocenters. The van der Waals surface area contributed by atoms with Gasteiger partial charge in [0.1, 0.15) is 11.6 Å². The van der Waals surface area contributed by atoms with Crippen LogP contribution in [0.15, 0.2) is 4.52 Å². The average Bonchev–Trinajstić information content (AvgIpc) is 2.97. The van der Waals surface area contributed by atoms with Gasteiger partial charge in [0.2, 0.25) is 0 Å². The molecular weight excluding hydrogens is 246 g/mol.